The molecule has 4 aromatic rings. The number of pyridine rings is 2. The van der Waals surface area contributed by atoms with Crippen LogP contribution in [0.25, 0.3) is 11.6 Å². The van der Waals surface area contributed by atoms with Crippen molar-refractivity contribution in [2.24, 2.45) is 5.16 Å². The summed E-state index contributed by atoms with van der Waals surface area (Å²) in [7, 11) is 0. The molecule has 2 atom stereocenters. The Hall–Kier alpha value is -4.90. The average molecular weight is 774 g/mol. The lowest BCUT2D eigenvalue weighted by Gasteiger charge is -2.50. The molecule has 0 aromatic carbocycles. The fourth-order valence-electron chi connectivity index (χ4n) is 4.87. The molecule has 22 heteroatoms. The molecule has 0 bridgehead atoms. The Kier molecular flexibility index (Phi) is 11.2. The molecular weight excluding hydrogens is 747 g/mol. The van der Waals surface area contributed by atoms with E-state index in [2.05, 4.69) is 30.6 Å². The number of carbonyl (C=O) groups is 3. The Morgan fingerprint density at radius 2 is 2.06 bits per heavy atom. The van der Waals surface area contributed by atoms with Crippen molar-refractivity contribution in [3.8, 4) is 17.3 Å². The number of nitrogens with zero attached hydrogens (tertiary/aromatic N) is 6. The maximum Gasteiger partial charge on any atom is 0.277 e. The van der Waals surface area contributed by atoms with Crippen LogP contribution in [0.3, 0.4) is 0 Å². The molecule has 2 aliphatic rings. The maximum absolute atomic E-state index is 13.4. The Morgan fingerprint density at radius 3 is 2.76 bits per heavy atom. The number of aromatic amines is 1. The van der Waals surface area contributed by atoms with E-state index >= 15 is 0 Å². The third-order valence-corrected chi connectivity index (χ3v) is 11.0. The third-order valence-electron chi connectivity index (χ3n) is 7.19. The number of hydrogen-bond acceptors (Lipinski definition) is 18. The summed E-state index contributed by atoms with van der Waals surface area (Å²) in [5, 5.41) is 46.2. The van der Waals surface area contributed by atoms with Gasteiger partial charge in [0.25, 0.3) is 22.9 Å². The number of carbonyl (C=O) groups excluding carboxylic acids is 3. The smallest absolute Gasteiger partial charge is 0.277 e. The lowest BCUT2D eigenvalue weighted by Crippen LogP contribution is -2.71. The predicted molar refractivity (Wildman–Crippen MR) is 183 cm³/mol. The number of aromatic hydroxyl groups is 1. The van der Waals surface area contributed by atoms with Crippen molar-refractivity contribution in [3.05, 3.63) is 69.4 Å². The molecule has 18 nitrogen and oxygen atoms in total. The van der Waals surface area contributed by atoms with Gasteiger partial charge in [-0.25, -0.2) is 9.55 Å². The van der Waals surface area contributed by atoms with Gasteiger partial charge < -0.3 is 45.4 Å². The first kappa shape index (κ1) is 35.9. The quantitative estimate of drug-likeness (QED) is 0.0246. The number of nitrogens with one attached hydrogen (secondary N) is 2. The molecule has 1 fully saturated rings. The molecule has 0 aliphatic carbocycles. The standard InChI is InChI=1S/C29H27N9O9S4/c30-28-32-17(13-51-28)20(36-46-6-8-49-29-35-34-24(47-29)16-9-18(40)19(41)10-31-16)23(42)33-21-25(43)38-22(27(44)45)14(12-50-26(21)38)11-37-3-1-15(2-4-37)48-7-5-39/h1-4,9-10,13,21,26,39H,5-8,11-12H2,(H5-,30,31,32,33,34,36,40,41,42,44,45)/t21-,26-/m1/s1. The maximum atomic E-state index is 13.4. The SMILES string of the molecule is Nc1nc(/C(=N/OCCSc2nnc(-c3cc(=O)c(O)c[nH]3)o2)C(=O)N[C@@H]2C(=O)N3C(C(=O)[O-])=C(C[n+]4ccc(SCCO)cc4)CS[C@H]23)cs1. The molecule has 266 valence electrons. The van der Waals surface area contributed by atoms with Crippen molar-refractivity contribution in [1.29, 1.82) is 0 Å². The first-order chi connectivity index (χ1) is 24.6. The fourth-order valence-corrected chi connectivity index (χ4v) is 7.97. The Morgan fingerprint density at radius 1 is 1.25 bits per heavy atom. The number of rotatable bonds is 15. The minimum Gasteiger partial charge on any atom is -0.543 e. The number of oxime groups is 1. The summed E-state index contributed by atoms with van der Waals surface area (Å²) in [5.74, 6) is -2.24. The van der Waals surface area contributed by atoms with Crippen molar-refractivity contribution in [1.82, 2.24) is 30.4 Å². The number of hydrogen-bond donors (Lipinski definition) is 5. The van der Waals surface area contributed by atoms with Gasteiger partial charge in [0, 0.05) is 57.5 Å². The largest absolute Gasteiger partial charge is 0.543 e. The van der Waals surface area contributed by atoms with Gasteiger partial charge in [-0.1, -0.05) is 16.9 Å². The van der Waals surface area contributed by atoms with E-state index in [0.29, 0.717) is 11.3 Å². The monoisotopic (exact) mass is 773 g/mol. The van der Waals surface area contributed by atoms with Crippen LogP contribution in [0.15, 0.2) is 77.9 Å². The van der Waals surface area contributed by atoms with E-state index in [4.69, 9.17) is 20.1 Å². The molecule has 4 aromatic heterocycles. The molecule has 6 N–H and O–H groups in total. The zero-order valence-electron chi connectivity index (χ0n) is 26.1. The van der Waals surface area contributed by atoms with E-state index in [1.54, 1.807) is 17.0 Å². The van der Waals surface area contributed by atoms with E-state index in [1.807, 2.05) is 12.1 Å². The van der Waals surface area contributed by atoms with Crippen LogP contribution < -0.4 is 26.2 Å². The lowest BCUT2D eigenvalue weighted by molar-refractivity contribution is -0.689. The Balaban J connectivity index is 1.08. The highest BCUT2D eigenvalue weighted by Crippen LogP contribution is 2.40. The third kappa shape index (κ3) is 8.20. The van der Waals surface area contributed by atoms with Crippen molar-refractivity contribution in [3.63, 3.8) is 0 Å². The Bertz CT molecular complexity index is 2070. The molecule has 1 saturated heterocycles. The number of thiazole rings is 1. The number of nitrogen functional groups attached to an aromatic ring is 1. The van der Waals surface area contributed by atoms with E-state index < -0.39 is 40.4 Å². The van der Waals surface area contributed by atoms with Crippen LogP contribution in [-0.4, -0.2) is 101 Å². The first-order valence-corrected chi connectivity index (χ1v) is 18.7. The van der Waals surface area contributed by atoms with E-state index in [0.717, 1.165) is 45.2 Å². The van der Waals surface area contributed by atoms with Gasteiger partial charge in [0.2, 0.25) is 5.43 Å². The number of aliphatic hydroxyl groups is 1. The van der Waals surface area contributed by atoms with Gasteiger partial charge in [-0.2, -0.15) is 0 Å². The number of nitrogens with two attached hydrogens (primary N) is 1. The van der Waals surface area contributed by atoms with E-state index in [-0.39, 0.29) is 70.3 Å². The van der Waals surface area contributed by atoms with Crippen LogP contribution >= 0.6 is 46.6 Å². The molecule has 0 saturated carbocycles. The second kappa shape index (κ2) is 16.0. The van der Waals surface area contributed by atoms with Gasteiger partial charge in [-0.05, 0) is 0 Å². The van der Waals surface area contributed by atoms with Gasteiger partial charge in [0.1, 0.15) is 29.4 Å². The molecule has 6 rings (SSSR count). The molecule has 51 heavy (non-hydrogen) atoms. The highest BCUT2D eigenvalue weighted by molar-refractivity contribution is 8.00. The summed E-state index contributed by atoms with van der Waals surface area (Å²) in [6.45, 7) is 0.237. The van der Waals surface area contributed by atoms with Gasteiger partial charge in [-0.3, -0.25) is 19.3 Å². The van der Waals surface area contributed by atoms with Gasteiger partial charge in [0.15, 0.2) is 35.5 Å². The summed E-state index contributed by atoms with van der Waals surface area (Å²) in [6, 6.07) is 3.77. The molecule has 6 heterocycles. The molecular formula is C29H27N9O9S4. The van der Waals surface area contributed by atoms with Crippen molar-refractivity contribution >= 4 is 75.2 Å². The van der Waals surface area contributed by atoms with Crippen LogP contribution in [0, 0.1) is 0 Å². The molecule has 0 radical (unpaired) electrons. The summed E-state index contributed by atoms with van der Waals surface area (Å²) in [4.78, 5) is 64.9. The zero-order valence-corrected chi connectivity index (χ0v) is 29.4. The minimum absolute atomic E-state index is 0.0196. The average Bonchev–Trinajstić information content (AvgIpc) is 3.78. The van der Waals surface area contributed by atoms with Crippen LogP contribution in [0.1, 0.15) is 5.69 Å². The van der Waals surface area contributed by atoms with E-state index in [1.165, 1.54) is 28.9 Å². The molecule has 0 spiro atoms. The highest BCUT2D eigenvalue weighted by atomic mass is 32.2. The van der Waals surface area contributed by atoms with E-state index in [9.17, 15) is 29.4 Å². The summed E-state index contributed by atoms with van der Waals surface area (Å²) in [6.07, 6.45) is 4.68. The second-order valence-electron chi connectivity index (χ2n) is 10.5. The number of aliphatic carboxylic acids is 1. The van der Waals surface area contributed by atoms with Crippen LogP contribution in [0.5, 0.6) is 5.75 Å². The van der Waals surface area contributed by atoms with Crippen molar-refractivity contribution in [2.45, 2.75) is 28.1 Å². The number of aliphatic hydroxyl groups excluding tert-OH is 1. The molecule has 2 aliphatic heterocycles. The van der Waals surface area contributed by atoms with Crippen molar-refractivity contribution in [2.75, 3.05) is 36.2 Å². The number of amides is 2. The van der Waals surface area contributed by atoms with Crippen molar-refractivity contribution < 1.29 is 43.5 Å². The highest BCUT2D eigenvalue weighted by Gasteiger charge is 2.53. The topological polar surface area (TPSA) is 266 Å². The minimum atomic E-state index is -1.50. The fraction of sp³-hybridized carbons (Fsp3) is 0.276. The second-order valence-corrected chi connectivity index (χ2v) is 14.7. The Labute approximate surface area is 304 Å². The number of thioether (sulfide) groups is 3. The number of carboxylic acids is 1. The number of fused-ring (bicyclic) bond motifs is 1. The van der Waals surface area contributed by atoms with Gasteiger partial charge in [0.05, 0.1) is 18.3 Å². The van der Waals surface area contributed by atoms with Crippen LogP contribution in [-0.2, 0) is 25.8 Å². The number of H-pyrrole nitrogens is 1. The van der Waals surface area contributed by atoms with Crippen LogP contribution in [0.4, 0.5) is 5.13 Å². The summed E-state index contributed by atoms with van der Waals surface area (Å²) in [5.41, 5.74) is 5.51. The zero-order chi connectivity index (χ0) is 36.1. The number of carboxylic acid groups (broad SMARTS) is 1. The summed E-state index contributed by atoms with van der Waals surface area (Å²) >= 11 is 4.97. The molecule has 0 unspecified atom stereocenters. The normalized spacial score (nSPS) is 17.2. The first-order valence-electron chi connectivity index (χ1n) is 14.8. The number of anilines is 1. The van der Waals surface area contributed by atoms with Gasteiger partial charge >= 0.3 is 0 Å². The summed E-state index contributed by atoms with van der Waals surface area (Å²) < 4.78 is 7.30. The lowest BCUT2D eigenvalue weighted by atomic mass is 10.0. The predicted octanol–water partition coefficient (Wildman–Crippen LogP) is -0.842. The number of β-lactam (4-membered cyclic amide) rings is 1. The van der Waals surface area contributed by atoms with Crippen LogP contribution in [0.2, 0.25) is 0 Å². The van der Waals surface area contributed by atoms with Gasteiger partial charge in [-0.15, -0.1) is 45.1 Å². The number of aromatic nitrogens is 5. The molecule has 2 amide bonds.